The lowest BCUT2D eigenvalue weighted by Crippen LogP contribution is -2.13. The molecule has 1 rings (SSSR count). The quantitative estimate of drug-likeness (QED) is 0.548. The average molecular weight is 255 g/mol. The molecule has 0 aliphatic carbocycles. The molecular formula is C12H21N3O3. The molecule has 0 radical (unpaired) electrons. The molecule has 18 heavy (non-hydrogen) atoms. The Morgan fingerprint density at radius 2 is 2.00 bits per heavy atom. The third-order valence-electron chi connectivity index (χ3n) is 2.93. The number of hydrogen-bond acceptors (Lipinski definition) is 5. The molecule has 0 N–H and O–H groups in total. The van der Waals surface area contributed by atoms with Gasteiger partial charge in [0.05, 0.1) is 18.3 Å². The second kappa shape index (κ2) is 7.10. The molecule has 1 aromatic rings. The first-order valence-electron chi connectivity index (χ1n) is 6.23. The lowest BCUT2D eigenvalue weighted by atomic mass is 10.1. The summed E-state index contributed by atoms with van der Waals surface area (Å²) >= 11 is 0. The predicted molar refractivity (Wildman–Crippen MR) is 66.5 cm³/mol. The van der Waals surface area contributed by atoms with Gasteiger partial charge in [-0.15, -0.1) is 5.10 Å². The van der Waals surface area contributed by atoms with Crippen LogP contribution in [0, 0.1) is 6.92 Å². The first kappa shape index (κ1) is 14.6. The van der Waals surface area contributed by atoms with E-state index in [0.717, 1.165) is 18.5 Å². The molecule has 1 aromatic heterocycles. The van der Waals surface area contributed by atoms with Gasteiger partial charge in [0.15, 0.2) is 5.69 Å². The third-order valence-corrected chi connectivity index (χ3v) is 2.93. The van der Waals surface area contributed by atoms with E-state index < -0.39 is 5.97 Å². The Balaban J connectivity index is 2.76. The van der Waals surface area contributed by atoms with E-state index in [-0.39, 0.29) is 18.3 Å². The van der Waals surface area contributed by atoms with Crippen LogP contribution in [0.2, 0.25) is 0 Å². The molecule has 0 atom stereocenters. The number of carbonyl (C=O) groups is 1. The van der Waals surface area contributed by atoms with Crippen LogP contribution >= 0.6 is 0 Å². The molecule has 0 fully saturated rings. The minimum absolute atomic E-state index is 0.229. The number of nitrogens with zero attached hydrogens (tertiary/aromatic N) is 3. The van der Waals surface area contributed by atoms with E-state index in [1.807, 2.05) is 6.92 Å². The van der Waals surface area contributed by atoms with Crippen molar-refractivity contribution in [3.63, 3.8) is 0 Å². The summed E-state index contributed by atoms with van der Waals surface area (Å²) in [7, 11) is 1.56. The summed E-state index contributed by atoms with van der Waals surface area (Å²) in [4.78, 5) is 11.8. The van der Waals surface area contributed by atoms with Crippen molar-refractivity contribution in [3.05, 3.63) is 11.4 Å². The molecule has 0 amide bonds. The van der Waals surface area contributed by atoms with Gasteiger partial charge in [0, 0.05) is 7.11 Å². The highest BCUT2D eigenvalue weighted by Crippen LogP contribution is 2.18. The molecule has 0 aromatic carbocycles. The maximum absolute atomic E-state index is 11.8. The van der Waals surface area contributed by atoms with Gasteiger partial charge in [-0.1, -0.05) is 19.1 Å². The number of aromatic nitrogens is 3. The Hall–Kier alpha value is -1.43. The Kier molecular flexibility index (Phi) is 5.77. The molecule has 0 spiro atoms. The van der Waals surface area contributed by atoms with Gasteiger partial charge < -0.3 is 9.47 Å². The van der Waals surface area contributed by atoms with Crippen LogP contribution < -0.4 is 0 Å². The van der Waals surface area contributed by atoms with Gasteiger partial charge in [-0.2, -0.15) is 0 Å². The van der Waals surface area contributed by atoms with Crippen molar-refractivity contribution in [2.24, 2.45) is 0 Å². The third kappa shape index (κ3) is 3.29. The first-order chi connectivity index (χ1) is 8.65. The molecule has 0 saturated carbocycles. The van der Waals surface area contributed by atoms with E-state index in [4.69, 9.17) is 9.47 Å². The normalized spacial score (nSPS) is 10.9. The van der Waals surface area contributed by atoms with Gasteiger partial charge in [-0.3, -0.25) is 0 Å². The average Bonchev–Trinajstić information content (AvgIpc) is 2.74. The molecule has 0 bridgehead atoms. The van der Waals surface area contributed by atoms with Crippen molar-refractivity contribution in [3.8, 4) is 0 Å². The Morgan fingerprint density at radius 3 is 2.56 bits per heavy atom. The van der Waals surface area contributed by atoms with Crippen LogP contribution in [0.15, 0.2) is 0 Å². The molecule has 0 aliphatic heterocycles. The van der Waals surface area contributed by atoms with Crippen LogP contribution in [-0.4, -0.2) is 41.3 Å². The summed E-state index contributed by atoms with van der Waals surface area (Å²) in [6, 6.07) is 0.276. The zero-order valence-electron chi connectivity index (χ0n) is 11.5. The number of methoxy groups -OCH3 is 1. The Morgan fingerprint density at radius 1 is 1.33 bits per heavy atom. The SMILES string of the molecule is CCC(CC)n1nnc(C(=O)OCCOC)c1C. The van der Waals surface area contributed by atoms with E-state index in [1.165, 1.54) is 0 Å². The first-order valence-corrected chi connectivity index (χ1v) is 6.23. The lowest BCUT2D eigenvalue weighted by molar-refractivity contribution is 0.0380. The highest BCUT2D eigenvalue weighted by atomic mass is 16.6. The Bertz CT molecular complexity index is 386. The minimum Gasteiger partial charge on any atom is -0.458 e. The number of hydrogen-bond donors (Lipinski definition) is 0. The van der Waals surface area contributed by atoms with Crippen molar-refractivity contribution < 1.29 is 14.3 Å². The zero-order valence-corrected chi connectivity index (χ0v) is 11.5. The summed E-state index contributed by atoms with van der Waals surface area (Å²) in [6.45, 7) is 6.63. The maximum Gasteiger partial charge on any atom is 0.360 e. The van der Waals surface area contributed by atoms with Crippen LogP contribution in [0.4, 0.5) is 0 Å². The molecule has 6 nitrogen and oxygen atoms in total. The lowest BCUT2D eigenvalue weighted by Gasteiger charge is -2.13. The predicted octanol–water partition coefficient (Wildman–Crippen LogP) is 1.75. The molecule has 0 aliphatic rings. The summed E-state index contributed by atoms with van der Waals surface area (Å²) in [6.07, 6.45) is 1.91. The molecule has 0 saturated heterocycles. The second-order valence-corrected chi connectivity index (χ2v) is 4.07. The van der Waals surface area contributed by atoms with Gasteiger partial charge in [-0.05, 0) is 19.8 Å². The van der Waals surface area contributed by atoms with Crippen molar-refractivity contribution in [2.45, 2.75) is 39.7 Å². The molecule has 0 unspecified atom stereocenters. The fourth-order valence-corrected chi connectivity index (χ4v) is 1.80. The van der Waals surface area contributed by atoms with E-state index in [2.05, 4.69) is 24.2 Å². The maximum atomic E-state index is 11.8. The molecule has 1 heterocycles. The minimum atomic E-state index is -0.443. The largest absolute Gasteiger partial charge is 0.458 e. The molecule has 6 heteroatoms. The second-order valence-electron chi connectivity index (χ2n) is 4.07. The van der Waals surface area contributed by atoms with E-state index in [0.29, 0.717) is 6.61 Å². The number of ether oxygens (including phenoxy) is 2. The monoisotopic (exact) mass is 255 g/mol. The summed E-state index contributed by atoms with van der Waals surface area (Å²) in [5.41, 5.74) is 1.05. The zero-order chi connectivity index (χ0) is 13.5. The smallest absolute Gasteiger partial charge is 0.360 e. The molecule has 102 valence electrons. The van der Waals surface area contributed by atoms with Crippen LogP contribution in [0.25, 0.3) is 0 Å². The summed E-state index contributed by atoms with van der Waals surface area (Å²) in [5, 5.41) is 7.95. The molecular weight excluding hydrogens is 234 g/mol. The van der Waals surface area contributed by atoms with Crippen molar-refractivity contribution in [1.29, 1.82) is 0 Å². The van der Waals surface area contributed by atoms with Gasteiger partial charge in [0.25, 0.3) is 0 Å². The van der Waals surface area contributed by atoms with E-state index in [1.54, 1.807) is 11.8 Å². The van der Waals surface area contributed by atoms with Crippen LogP contribution in [0.5, 0.6) is 0 Å². The van der Waals surface area contributed by atoms with Crippen LogP contribution in [-0.2, 0) is 9.47 Å². The number of esters is 1. The van der Waals surface area contributed by atoms with Crippen molar-refractivity contribution >= 4 is 5.97 Å². The highest BCUT2D eigenvalue weighted by Gasteiger charge is 2.20. The summed E-state index contributed by atoms with van der Waals surface area (Å²) in [5.74, 6) is -0.443. The van der Waals surface area contributed by atoms with E-state index in [9.17, 15) is 4.79 Å². The fraction of sp³-hybridized carbons (Fsp3) is 0.750. The van der Waals surface area contributed by atoms with Gasteiger partial charge in [0.1, 0.15) is 6.61 Å². The van der Waals surface area contributed by atoms with E-state index >= 15 is 0 Å². The van der Waals surface area contributed by atoms with Crippen LogP contribution in [0.3, 0.4) is 0 Å². The summed E-state index contributed by atoms with van der Waals surface area (Å²) < 4.78 is 11.6. The fourth-order valence-electron chi connectivity index (χ4n) is 1.80. The highest BCUT2D eigenvalue weighted by molar-refractivity contribution is 5.88. The number of carbonyl (C=O) groups excluding carboxylic acids is 1. The Labute approximate surface area is 107 Å². The van der Waals surface area contributed by atoms with Gasteiger partial charge >= 0.3 is 5.97 Å². The van der Waals surface area contributed by atoms with Crippen molar-refractivity contribution in [2.75, 3.05) is 20.3 Å². The van der Waals surface area contributed by atoms with Gasteiger partial charge in [0.2, 0.25) is 0 Å². The van der Waals surface area contributed by atoms with Gasteiger partial charge in [-0.25, -0.2) is 9.48 Å². The standard InChI is InChI=1S/C12H21N3O3/c1-5-10(6-2)15-9(3)11(13-14-15)12(16)18-8-7-17-4/h10H,5-8H2,1-4H3. The number of rotatable bonds is 7. The van der Waals surface area contributed by atoms with Crippen LogP contribution in [0.1, 0.15) is 48.9 Å². The van der Waals surface area contributed by atoms with Crippen molar-refractivity contribution in [1.82, 2.24) is 15.0 Å². The topological polar surface area (TPSA) is 66.2 Å².